The normalized spacial score (nSPS) is 12.8. The first-order chi connectivity index (χ1) is 8.49. The first-order valence-electron chi connectivity index (χ1n) is 6.47. The highest BCUT2D eigenvalue weighted by molar-refractivity contribution is 6.32. The van der Waals surface area contributed by atoms with Crippen LogP contribution in [0.4, 0.5) is 0 Å². The van der Waals surface area contributed by atoms with Crippen molar-refractivity contribution < 1.29 is 4.74 Å². The van der Waals surface area contributed by atoms with Gasteiger partial charge in [0.25, 0.3) is 0 Å². The average molecular weight is 270 g/mol. The fourth-order valence-corrected chi connectivity index (χ4v) is 2.42. The monoisotopic (exact) mass is 269 g/mol. The minimum Gasteiger partial charge on any atom is -0.495 e. The molecule has 1 atom stereocenters. The molecule has 0 amide bonds. The third-order valence-corrected chi connectivity index (χ3v) is 3.80. The smallest absolute Gasteiger partial charge is 0.137 e. The number of ether oxygens (including phenoxy) is 1. The standard InChI is InChI=1S/C15H24ClNO/c1-10(2)13(9-17-4)7-12-8-14(16)15(18-5)6-11(12)3/h6,8,10,13,17H,7,9H2,1-5H3. The van der Waals surface area contributed by atoms with Crippen molar-refractivity contribution in [2.24, 2.45) is 11.8 Å². The van der Waals surface area contributed by atoms with Crippen LogP contribution in [0.25, 0.3) is 0 Å². The topological polar surface area (TPSA) is 21.3 Å². The summed E-state index contributed by atoms with van der Waals surface area (Å²) >= 11 is 6.20. The lowest BCUT2D eigenvalue weighted by Gasteiger charge is -2.22. The molecule has 2 nitrogen and oxygen atoms in total. The lowest BCUT2D eigenvalue weighted by molar-refractivity contribution is 0.369. The number of benzene rings is 1. The van der Waals surface area contributed by atoms with Gasteiger partial charge in [0.15, 0.2) is 0 Å². The average Bonchev–Trinajstić information content (AvgIpc) is 2.32. The minimum atomic E-state index is 0.623. The summed E-state index contributed by atoms with van der Waals surface area (Å²) in [6, 6.07) is 4.06. The zero-order chi connectivity index (χ0) is 13.7. The molecular weight excluding hydrogens is 246 g/mol. The summed E-state index contributed by atoms with van der Waals surface area (Å²) in [6.07, 6.45) is 1.05. The third kappa shape index (κ3) is 3.89. The van der Waals surface area contributed by atoms with E-state index in [-0.39, 0.29) is 0 Å². The van der Waals surface area contributed by atoms with Gasteiger partial charge in [-0.1, -0.05) is 25.4 Å². The summed E-state index contributed by atoms with van der Waals surface area (Å²) in [5.41, 5.74) is 2.56. The van der Waals surface area contributed by atoms with Gasteiger partial charge < -0.3 is 10.1 Å². The summed E-state index contributed by atoms with van der Waals surface area (Å²) < 4.78 is 5.24. The van der Waals surface area contributed by atoms with E-state index < -0.39 is 0 Å². The number of aryl methyl sites for hydroxylation is 1. The maximum Gasteiger partial charge on any atom is 0.137 e. The molecule has 1 rings (SSSR count). The number of nitrogens with one attached hydrogen (secondary N) is 1. The van der Waals surface area contributed by atoms with Gasteiger partial charge in [-0.15, -0.1) is 0 Å². The Morgan fingerprint density at radius 3 is 2.50 bits per heavy atom. The molecule has 1 unspecified atom stereocenters. The van der Waals surface area contributed by atoms with E-state index in [1.165, 1.54) is 11.1 Å². The Morgan fingerprint density at radius 2 is 2.00 bits per heavy atom. The summed E-state index contributed by atoms with van der Waals surface area (Å²) in [7, 11) is 3.65. The van der Waals surface area contributed by atoms with Gasteiger partial charge in [-0.2, -0.15) is 0 Å². The molecule has 1 aromatic carbocycles. The Balaban J connectivity index is 2.92. The lowest BCUT2D eigenvalue weighted by atomic mass is 9.87. The number of hydrogen-bond donors (Lipinski definition) is 1. The van der Waals surface area contributed by atoms with E-state index in [1.54, 1.807) is 7.11 Å². The number of hydrogen-bond acceptors (Lipinski definition) is 2. The van der Waals surface area contributed by atoms with Crippen molar-refractivity contribution in [3.63, 3.8) is 0 Å². The second kappa shape index (κ2) is 7.01. The van der Waals surface area contributed by atoms with Gasteiger partial charge in [-0.3, -0.25) is 0 Å². The molecule has 0 aliphatic carbocycles. The summed E-state index contributed by atoms with van der Waals surface area (Å²) in [5, 5.41) is 3.97. The van der Waals surface area contributed by atoms with Gasteiger partial charge >= 0.3 is 0 Å². The van der Waals surface area contributed by atoms with E-state index in [2.05, 4.69) is 26.1 Å². The lowest BCUT2D eigenvalue weighted by Crippen LogP contribution is -2.25. The molecule has 0 saturated carbocycles. The Hall–Kier alpha value is -0.730. The molecule has 0 heterocycles. The van der Waals surface area contributed by atoms with Crippen molar-refractivity contribution in [1.29, 1.82) is 0 Å². The highest BCUT2D eigenvalue weighted by Gasteiger charge is 2.15. The van der Waals surface area contributed by atoms with Crippen molar-refractivity contribution in [3.05, 3.63) is 28.3 Å². The zero-order valence-electron chi connectivity index (χ0n) is 12.0. The molecule has 0 aliphatic rings. The van der Waals surface area contributed by atoms with Gasteiger partial charge in [0, 0.05) is 0 Å². The van der Waals surface area contributed by atoms with E-state index in [0.29, 0.717) is 16.9 Å². The Labute approximate surface area is 116 Å². The zero-order valence-corrected chi connectivity index (χ0v) is 12.8. The SMILES string of the molecule is CNCC(Cc1cc(Cl)c(OC)cc1C)C(C)C. The Morgan fingerprint density at radius 1 is 1.33 bits per heavy atom. The van der Waals surface area contributed by atoms with E-state index >= 15 is 0 Å². The van der Waals surface area contributed by atoms with Gasteiger partial charge in [0.1, 0.15) is 5.75 Å². The highest BCUT2D eigenvalue weighted by atomic mass is 35.5. The van der Waals surface area contributed by atoms with Gasteiger partial charge in [-0.25, -0.2) is 0 Å². The predicted octanol–water partition coefficient (Wildman–Crippen LogP) is 3.69. The molecule has 0 aliphatic heterocycles. The highest BCUT2D eigenvalue weighted by Crippen LogP contribution is 2.30. The largest absolute Gasteiger partial charge is 0.495 e. The fourth-order valence-electron chi connectivity index (χ4n) is 2.16. The summed E-state index contributed by atoms with van der Waals surface area (Å²) in [6.45, 7) is 7.68. The molecule has 102 valence electrons. The van der Waals surface area contributed by atoms with Crippen molar-refractivity contribution in [1.82, 2.24) is 5.32 Å². The number of rotatable bonds is 6. The quantitative estimate of drug-likeness (QED) is 0.850. The van der Waals surface area contributed by atoms with Crippen LogP contribution in [0.5, 0.6) is 5.75 Å². The first-order valence-corrected chi connectivity index (χ1v) is 6.85. The maximum absolute atomic E-state index is 6.20. The summed E-state index contributed by atoms with van der Waals surface area (Å²) in [5.74, 6) is 2.03. The van der Waals surface area contributed by atoms with Crippen molar-refractivity contribution in [2.75, 3.05) is 20.7 Å². The molecule has 0 bridgehead atoms. The van der Waals surface area contributed by atoms with Crippen LogP contribution in [-0.2, 0) is 6.42 Å². The van der Waals surface area contributed by atoms with Crippen LogP contribution in [0.15, 0.2) is 12.1 Å². The second-order valence-corrected chi connectivity index (χ2v) is 5.59. The molecule has 1 aromatic rings. The Bertz CT molecular complexity index is 390. The van der Waals surface area contributed by atoms with Crippen molar-refractivity contribution in [3.8, 4) is 5.75 Å². The summed E-state index contributed by atoms with van der Waals surface area (Å²) in [4.78, 5) is 0. The van der Waals surface area contributed by atoms with E-state index in [9.17, 15) is 0 Å². The van der Waals surface area contributed by atoms with Crippen LogP contribution in [-0.4, -0.2) is 20.7 Å². The molecule has 0 spiro atoms. The first kappa shape index (κ1) is 15.3. The molecule has 0 aromatic heterocycles. The molecular formula is C15H24ClNO. The van der Waals surface area contributed by atoms with E-state index in [0.717, 1.165) is 18.7 Å². The van der Waals surface area contributed by atoms with Gasteiger partial charge in [0.2, 0.25) is 0 Å². The minimum absolute atomic E-state index is 0.623. The van der Waals surface area contributed by atoms with Crippen molar-refractivity contribution >= 4 is 11.6 Å². The second-order valence-electron chi connectivity index (χ2n) is 5.18. The van der Waals surface area contributed by atoms with E-state index in [4.69, 9.17) is 16.3 Å². The maximum atomic E-state index is 6.20. The molecule has 3 heteroatoms. The molecule has 0 radical (unpaired) electrons. The molecule has 18 heavy (non-hydrogen) atoms. The number of halogens is 1. The van der Waals surface area contributed by atoms with Crippen LogP contribution >= 0.6 is 11.6 Å². The Kier molecular flexibility index (Phi) is 5.97. The molecule has 0 saturated heterocycles. The van der Waals surface area contributed by atoms with Crippen LogP contribution in [0.2, 0.25) is 5.02 Å². The molecule has 1 N–H and O–H groups in total. The van der Waals surface area contributed by atoms with Crippen LogP contribution in [0.3, 0.4) is 0 Å². The van der Waals surface area contributed by atoms with Gasteiger partial charge in [-0.05, 0) is 62.0 Å². The van der Waals surface area contributed by atoms with Crippen LogP contribution in [0, 0.1) is 18.8 Å². The fraction of sp³-hybridized carbons (Fsp3) is 0.600. The third-order valence-electron chi connectivity index (χ3n) is 3.50. The van der Waals surface area contributed by atoms with Crippen LogP contribution < -0.4 is 10.1 Å². The predicted molar refractivity (Wildman–Crippen MR) is 78.7 cm³/mol. The van der Waals surface area contributed by atoms with Gasteiger partial charge in [0.05, 0.1) is 12.1 Å². The van der Waals surface area contributed by atoms with Crippen LogP contribution in [0.1, 0.15) is 25.0 Å². The van der Waals surface area contributed by atoms with Crippen molar-refractivity contribution in [2.45, 2.75) is 27.2 Å². The number of methoxy groups -OCH3 is 1. The van der Waals surface area contributed by atoms with E-state index in [1.807, 2.05) is 19.2 Å². The molecule has 0 fully saturated rings.